The van der Waals surface area contributed by atoms with E-state index < -0.39 is 5.54 Å². The molecule has 2 N–H and O–H groups in total. The molecule has 2 aliphatic heterocycles. The van der Waals surface area contributed by atoms with Crippen molar-refractivity contribution in [2.24, 2.45) is 7.05 Å². The average Bonchev–Trinajstić information content (AvgIpc) is 2.94. The molecule has 7 heteroatoms. The summed E-state index contributed by atoms with van der Waals surface area (Å²) in [5.74, 6) is -0.126. The Balaban J connectivity index is 1.80. The van der Waals surface area contributed by atoms with Crippen molar-refractivity contribution >= 4 is 11.9 Å². The van der Waals surface area contributed by atoms with Crippen molar-refractivity contribution in [1.82, 2.24) is 25.3 Å². The lowest BCUT2D eigenvalue weighted by molar-refractivity contribution is -0.132. The third-order valence-corrected chi connectivity index (χ3v) is 4.34. The number of carbonyl (C=O) groups is 2. The van der Waals surface area contributed by atoms with Crippen LogP contribution in [0.2, 0.25) is 0 Å². The second-order valence-electron chi connectivity index (χ2n) is 5.79. The molecule has 1 atom stereocenters. The van der Waals surface area contributed by atoms with Crippen molar-refractivity contribution in [3.8, 4) is 0 Å². The highest BCUT2D eigenvalue weighted by Gasteiger charge is 2.51. The average molecular weight is 291 g/mol. The van der Waals surface area contributed by atoms with E-state index in [4.69, 9.17) is 0 Å². The number of piperidine rings is 1. The number of aromatic nitrogens is 2. The highest BCUT2D eigenvalue weighted by atomic mass is 16.2. The van der Waals surface area contributed by atoms with Crippen LogP contribution in [0.3, 0.4) is 0 Å². The van der Waals surface area contributed by atoms with Gasteiger partial charge in [-0.15, -0.1) is 0 Å². The molecule has 0 aliphatic carbocycles. The Hall–Kier alpha value is -1.89. The highest BCUT2D eigenvalue weighted by Crippen LogP contribution is 2.26. The van der Waals surface area contributed by atoms with Gasteiger partial charge in [0.15, 0.2) is 0 Å². The fourth-order valence-corrected chi connectivity index (χ4v) is 3.07. The van der Waals surface area contributed by atoms with Crippen LogP contribution in [0.15, 0.2) is 6.07 Å². The molecule has 0 saturated carbocycles. The quantitative estimate of drug-likeness (QED) is 0.777. The number of hydrogen-bond acceptors (Lipinski definition) is 4. The number of aryl methyl sites for hydroxylation is 2. The third-order valence-electron chi connectivity index (χ3n) is 4.34. The molecule has 114 valence electrons. The first-order valence-electron chi connectivity index (χ1n) is 7.42. The summed E-state index contributed by atoms with van der Waals surface area (Å²) in [6.07, 6.45) is 2.43. The topological polar surface area (TPSA) is 79.3 Å². The van der Waals surface area contributed by atoms with Crippen LogP contribution in [0.1, 0.15) is 31.2 Å². The molecule has 3 rings (SSSR count). The van der Waals surface area contributed by atoms with Gasteiger partial charge in [-0.3, -0.25) is 14.4 Å². The predicted molar refractivity (Wildman–Crippen MR) is 76.5 cm³/mol. The van der Waals surface area contributed by atoms with Gasteiger partial charge >= 0.3 is 6.03 Å². The van der Waals surface area contributed by atoms with Crippen LogP contribution in [0.5, 0.6) is 0 Å². The molecular formula is C14H21N5O2. The van der Waals surface area contributed by atoms with Crippen LogP contribution in [0, 0.1) is 0 Å². The maximum absolute atomic E-state index is 12.7. The Labute approximate surface area is 123 Å². The number of nitrogens with one attached hydrogen (secondary N) is 2. The van der Waals surface area contributed by atoms with E-state index in [9.17, 15) is 9.59 Å². The molecule has 0 aromatic carbocycles. The van der Waals surface area contributed by atoms with Crippen molar-refractivity contribution in [2.75, 3.05) is 13.1 Å². The van der Waals surface area contributed by atoms with Crippen molar-refractivity contribution in [3.05, 3.63) is 17.5 Å². The molecule has 2 fully saturated rings. The van der Waals surface area contributed by atoms with Gasteiger partial charge in [0.1, 0.15) is 5.54 Å². The first kappa shape index (κ1) is 14.1. The number of rotatable bonds is 3. The van der Waals surface area contributed by atoms with Crippen LogP contribution in [0.25, 0.3) is 0 Å². The summed E-state index contributed by atoms with van der Waals surface area (Å²) in [4.78, 5) is 26.2. The third kappa shape index (κ3) is 2.31. The molecule has 1 spiro atoms. The van der Waals surface area contributed by atoms with Gasteiger partial charge in [-0.25, -0.2) is 4.79 Å². The van der Waals surface area contributed by atoms with E-state index in [1.807, 2.05) is 20.0 Å². The molecule has 3 amide bonds. The molecule has 3 heterocycles. The van der Waals surface area contributed by atoms with Gasteiger partial charge in [-0.2, -0.15) is 5.10 Å². The van der Waals surface area contributed by atoms with Crippen molar-refractivity contribution in [3.63, 3.8) is 0 Å². The first-order chi connectivity index (χ1) is 10.1. The zero-order valence-electron chi connectivity index (χ0n) is 12.5. The molecule has 0 radical (unpaired) electrons. The monoisotopic (exact) mass is 291 g/mol. The second kappa shape index (κ2) is 5.14. The summed E-state index contributed by atoms with van der Waals surface area (Å²) in [5.41, 5.74) is 1.09. The van der Waals surface area contributed by atoms with Gasteiger partial charge in [0.25, 0.3) is 5.91 Å². The summed E-state index contributed by atoms with van der Waals surface area (Å²) >= 11 is 0. The molecule has 21 heavy (non-hydrogen) atoms. The minimum atomic E-state index is -0.748. The van der Waals surface area contributed by atoms with Gasteiger partial charge in [0.2, 0.25) is 0 Å². The number of urea groups is 1. The Morgan fingerprint density at radius 3 is 2.86 bits per heavy atom. The van der Waals surface area contributed by atoms with Gasteiger partial charge < -0.3 is 10.6 Å². The SMILES string of the molecule is CCc1cc(CN2C(=O)NC3(CCCNC3)C2=O)n(C)n1. The van der Waals surface area contributed by atoms with E-state index in [0.717, 1.165) is 30.8 Å². The number of amides is 3. The Bertz CT molecular complexity index is 574. The molecule has 2 saturated heterocycles. The lowest BCUT2D eigenvalue weighted by Gasteiger charge is -2.31. The molecule has 1 aromatic rings. The lowest BCUT2D eigenvalue weighted by atomic mass is 9.90. The molecule has 1 aromatic heterocycles. The number of hydrogen-bond donors (Lipinski definition) is 2. The van der Waals surface area contributed by atoms with Crippen molar-refractivity contribution in [1.29, 1.82) is 0 Å². The first-order valence-corrected chi connectivity index (χ1v) is 7.42. The highest BCUT2D eigenvalue weighted by molar-refractivity contribution is 6.07. The fourth-order valence-electron chi connectivity index (χ4n) is 3.07. The summed E-state index contributed by atoms with van der Waals surface area (Å²) in [5, 5.41) is 10.4. The molecule has 7 nitrogen and oxygen atoms in total. The second-order valence-corrected chi connectivity index (χ2v) is 5.79. The Morgan fingerprint density at radius 2 is 2.24 bits per heavy atom. The maximum Gasteiger partial charge on any atom is 0.325 e. The zero-order chi connectivity index (χ0) is 15.0. The van der Waals surface area contributed by atoms with Crippen LogP contribution in [-0.2, 0) is 24.8 Å². The number of imide groups is 1. The minimum absolute atomic E-state index is 0.126. The maximum atomic E-state index is 12.7. The van der Waals surface area contributed by atoms with Crippen LogP contribution in [-0.4, -0.2) is 45.2 Å². The van der Waals surface area contributed by atoms with E-state index in [-0.39, 0.29) is 18.5 Å². The zero-order valence-corrected chi connectivity index (χ0v) is 12.5. The van der Waals surface area contributed by atoms with Gasteiger partial charge in [0, 0.05) is 13.6 Å². The van der Waals surface area contributed by atoms with E-state index in [2.05, 4.69) is 15.7 Å². The summed E-state index contributed by atoms with van der Waals surface area (Å²) in [7, 11) is 1.84. The largest absolute Gasteiger partial charge is 0.325 e. The van der Waals surface area contributed by atoms with Gasteiger partial charge in [-0.1, -0.05) is 6.92 Å². The van der Waals surface area contributed by atoms with E-state index in [1.165, 1.54) is 4.90 Å². The normalized spacial score (nSPS) is 25.7. The predicted octanol–water partition coefficient (Wildman–Crippen LogP) is 0.157. The summed E-state index contributed by atoms with van der Waals surface area (Å²) in [6, 6.07) is 1.65. The summed E-state index contributed by atoms with van der Waals surface area (Å²) < 4.78 is 1.74. The molecule has 2 aliphatic rings. The molecule has 1 unspecified atom stereocenters. The van der Waals surface area contributed by atoms with E-state index in [0.29, 0.717) is 13.0 Å². The van der Waals surface area contributed by atoms with E-state index in [1.54, 1.807) is 4.68 Å². The number of nitrogens with zero attached hydrogens (tertiary/aromatic N) is 3. The standard InChI is InChI=1S/C14H21N5O2/c1-3-10-7-11(18(2)17-10)8-19-12(20)14(16-13(19)21)5-4-6-15-9-14/h7,15H,3-6,8-9H2,1-2H3,(H,16,21). The smallest absolute Gasteiger partial charge is 0.322 e. The Kier molecular flexibility index (Phi) is 3.44. The number of carbonyl (C=O) groups excluding carboxylic acids is 2. The van der Waals surface area contributed by atoms with Gasteiger partial charge in [-0.05, 0) is 31.9 Å². The van der Waals surface area contributed by atoms with Crippen molar-refractivity contribution in [2.45, 2.75) is 38.3 Å². The lowest BCUT2D eigenvalue weighted by Crippen LogP contribution is -2.57. The molecular weight excluding hydrogens is 270 g/mol. The minimum Gasteiger partial charge on any atom is -0.322 e. The van der Waals surface area contributed by atoms with Crippen LogP contribution in [0.4, 0.5) is 4.79 Å². The van der Waals surface area contributed by atoms with E-state index >= 15 is 0 Å². The summed E-state index contributed by atoms with van der Waals surface area (Å²) in [6.45, 7) is 3.71. The van der Waals surface area contributed by atoms with Gasteiger partial charge in [0.05, 0.1) is 17.9 Å². The van der Waals surface area contributed by atoms with Crippen molar-refractivity contribution < 1.29 is 9.59 Å². The Morgan fingerprint density at radius 1 is 1.43 bits per heavy atom. The fraction of sp³-hybridized carbons (Fsp3) is 0.643. The molecule has 0 bridgehead atoms. The van der Waals surface area contributed by atoms with Crippen LogP contribution < -0.4 is 10.6 Å². The van der Waals surface area contributed by atoms with Crippen LogP contribution >= 0.6 is 0 Å².